The van der Waals surface area contributed by atoms with E-state index in [-0.39, 0.29) is 14.3 Å². The monoisotopic (exact) mass is 1750 g/mol. The van der Waals surface area contributed by atoms with E-state index in [1.807, 2.05) is 109 Å². The highest BCUT2D eigenvalue weighted by atomic mass is 79.9. The van der Waals surface area contributed by atoms with E-state index in [0.717, 1.165) is 151 Å². The Hall–Kier alpha value is -15.1. The first kappa shape index (κ1) is 76.1. The van der Waals surface area contributed by atoms with Gasteiger partial charge < -0.3 is 43.6 Å². The minimum atomic E-state index is 0. The molecule has 27 rings (SSSR count). The number of ether oxygens (including phenoxy) is 3. The van der Waals surface area contributed by atoms with Gasteiger partial charge in [0.05, 0.1) is 33.4 Å². The summed E-state index contributed by atoms with van der Waals surface area (Å²) in [6.07, 6.45) is 0.901. The van der Waals surface area contributed by atoms with E-state index in [1.54, 1.807) is 0 Å². The van der Waals surface area contributed by atoms with E-state index in [1.165, 1.54) is 98.4 Å². The molecular formula is C113H81Br2N5O5. The quantitative estimate of drug-likeness (QED) is 0.145. The molecule has 0 unspecified atom stereocenters. The fourth-order valence-electron chi connectivity index (χ4n) is 19.0. The molecule has 1 aliphatic carbocycles. The van der Waals surface area contributed by atoms with E-state index in [0.29, 0.717) is 0 Å². The summed E-state index contributed by atoms with van der Waals surface area (Å²) in [4.78, 5) is 2.33. The SMILES string of the molecule is Brc1cc2c3c(c1)c1cccc4c1n3-c1c(cccc1O2)O4.C.CC1(C)c2ccccc2-c2cccc(Br)c21.Nc1cccc(-c2ccccc2)c1.[3HH].c1ccc(-c2cccc(N(c3ccc4c(c3)oc3ccccc34)c3cc4c5c(c3)c3cccc6c3n5-c3c(cccc3O4)C6)c2)cc1.c1ccc(-c2cccc(Nc3ccc4c(c3)oc3ccccc34)c2)cc1. The molecule has 4 aromatic heterocycles. The summed E-state index contributed by atoms with van der Waals surface area (Å²) in [5.74, 6) is 5.20. The van der Waals surface area contributed by atoms with Crippen molar-refractivity contribution >= 4 is 153 Å². The molecule has 125 heavy (non-hydrogen) atoms. The minimum absolute atomic E-state index is 0. The Morgan fingerprint density at radius 3 is 1.50 bits per heavy atom. The predicted octanol–water partition coefficient (Wildman–Crippen LogP) is 33.2. The van der Waals surface area contributed by atoms with Gasteiger partial charge in [-0.25, -0.2) is 0 Å². The second-order valence-corrected chi connectivity index (χ2v) is 34.1. The van der Waals surface area contributed by atoms with Crippen LogP contribution in [-0.4, -0.2) is 9.13 Å². The second-order valence-electron chi connectivity index (χ2n) is 32.4. The zero-order chi connectivity index (χ0) is 82.8. The Labute approximate surface area is 740 Å². The van der Waals surface area contributed by atoms with Crippen molar-refractivity contribution < 1.29 is 24.5 Å². The summed E-state index contributed by atoms with van der Waals surface area (Å²) in [7, 11) is 0. The van der Waals surface area contributed by atoms with Crippen molar-refractivity contribution in [1.29, 1.82) is 0 Å². The largest absolute Gasteiger partial charge is 0.456 e. The lowest BCUT2D eigenvalue weighted by molar-refractivity contribution is 0.444. The molecule has 18 aromatic carbocycles. The highest BCUT2D eigenvalue weighted by Crippen LogP contribution is 2.57. The van der Waals surface area contributed by atoms with Crippen molar-refractivity contribution in [3.8, 4) is 90.4 Å². The zero-order valence-corrected chi connectivity index (χ0v) is 70.5. The average molecular weight is 1750 g/mol. The minimum Gasteiger partial charge on any atom is -0.456 e. The molecule has 0 fully saturated rings. The summed E-state index contributed by atoms with van der Waals surface area (Å²) >= 11 is 7.28. The lowest BCUT2D eigenvalue weighted by atomic mass is 9.82. The van der Waals surface area contributed by atoms with E-state index in [4.69, 9.17) is 28.8 Å². The molecule has 0 saturated heterocycles. The zero-order valence-electron chi connectivity index (χ0n) is 67.4. The van der Waals surface area contributed by atoms with E-state index in [9.17, 15) is 0 Å². The molecule has 602 valence electrons. The van der Waals surface area contributed by atoms with Crippen LogP contribution in [0.2, 0.25) is 0 Å². The van der Waals surface area contributed by atoms with Crippen LogP contribution in [-0.2, 0) is 11.8 Å². The maximum absolute atomic E-state index is 6.79. The van der Waals surface area contributed by atoms with Crippen LogP contribution in [0.5, 0.6) is 34.5 Å². The number of nitrogen functional groups attached to an aromatic ring is 1. The first-order chi connectivity index (χ1) is 60.9. The lowest BCUT2D eigenvalue weighted by Crippen LogP contribution is -2.15. The fourth-order valence-corrected chi connectivity index (χ4v) is 20.3. The summed E-state index contributed by atoms with van der Waals surface area (Å²) in [6.45, 7) is 4.59. The number of fused-ring (bicyclic) bond motifs is 11. The number of furan rings is 2. The van der Waals surface area contributed by atoms with Crippen molar-refractivity contribution in [2.24, 2.45) is 0 Å². The third-order valence-corrected chi connectivity index (χ3v) is 25.6. The maximum atomic E-state index is 6.79. The van der Waals surface area contributed by atoms with Crippen molar-refractivity contribution in [2.45, 2.75) is 33.1 Å². The van der Waals surface area contributed by atoms with Gasteiger partial charge in [-0.2, -0.15) is 0 Å². The van der Waals surface area contributed by atoms with Gasteiger partial charge in [0.1, 0.15) is 28.0 Å². The summed E-state index contributed by atoms with van der Waals surface area (Å²) in [5.41, 5.74) is 37.5. The fraction of sp³-hybridized carbons (Fsp3) is 0.0442. The molecule has 10 nitrogen and oxygen atoms in total. The Kier molecular flexibility index (Phi) is 18.8. The highest BCUT2D eigenvalue weighted by molar-refractivity contribution is 9.10. The van der Waals surface area contributed by atoms with Gasteiger partial charge in [-0.15, -0.1) is 0 Å². The molecule has 5 aliphatic rings. The van der Waals surface area contributed by atoms with Crippen LogP contribution >= 0.6 is 31.9 Å². The molecule has 12 heteroatoms. The molecule has 0 atom stereocenters. The van der Waals surface area contributed by atoms with Gasteiger partial charge in [-0.1, -0.05) is 302 Å². The molecular weight excluding hydrogens is 1670 g/mol. The number of halogens is 2. The van der Waals surface area contributed by atoms with Crippen molar-refractivity contribution in [2.75, 3.05) is 16.0 Å². The molecule has 8 heterocycles. The van der Waals surface area contributed by atoms with E-state index >= 15 is 0 Å². The third kappa shape index (κ3) is 13.1. The van der Waals surface area contributed by atoms with E-state index < -0.39 is 0 Å². The van der Waals surface area contributed by atoms with Gasteiger partial charge in [-0.3, -0.25) is 4.57 Å². The standard InChI is InChI=1S/C43H26N2O2.C24H17NO.C18H8BrNO2.C15H13Br.C12H11N.CH4.H2/c1-2-9-26(10-3-1)27-11-6-14-30(22-27)44(31-19-20-34-33-15-4-5-17-37(33)46-39(34)24-31)32-23-36-35-16-7-12-28-21-29-13-8-18-38-42(29)45(41(28)35)43(36)40(25-32)47-38;1-2-7-17(8-3-1)18-9-6-10-19(15-18)25-20-13-14-22-21-11-4-5-12-23(21)26-24(22)16-20;19-9-7-11-10-3-1-4-12-16(10)20-17(11)15(8-9)22-14-6-2-5-13(21-12)18(14)20;1-15(2)12-8-4-3-6-10(12)11-7-5-9-13(16)14(11)15;13-12-8-4-7-11(9-12)10-5-2-1-3-6-10;;/h1-20,22-25H,21H2;1-16,25H;1-8H;3-9H,1-2H3;1-9H,13H2;1H4;1H/i;;;;;;1+2. The molecule has 0 saturated carbocycles. The molecule has 0 spiro atoms. The van der Waals surface area contributed by atoms with Crippen molar-refractivity contribution in [3.05, 3.63) is 419 Å². The second kappa shape index (κ2) is 30.8. The number of rotatable bonds is 8. The Bertz CT molecular complexity index is 8070. The molecule has 4 aliphatic heterocycles. The van der Waals surface area contributed by atoms with Crippen molar-refractivity contribution in [3.63, 3.8) is 0 Å². The van der Waals surface area contributed by atoms with Crippen LogP contribution in [0, 0.1) is 0 Å². The lowest BCUT2D eigenvalue weighted by Gasteiger charge is -2.29. The molecule has 3 N–H and O–H groups in total. The number of hydrogen-bond donors (Lipinski definition) is 2. The summed E-state index contributed by atoms with van der Waals surface area (Å²) in [5, 5.41) is 12.8. The van der Waals surface area contributed by atoms with Crippen LogP contribution < -0.4 is 30.2 Å². The number of hydrogen-bond acceptors (Lipinski definition) is 8. The van der Waals surface area contributed by atoms with Crippen LogP contribution in [0.25, 0.3) is 143 Å². The Morgan fingerprint density at radius 2 is 0.800 bits per heavy atom. The van der Waals surface area contributed by atoms with Gasteiger partial charge in [0.2, 0.25) is 0 Å². The molecule has 0 amide bonds. The van der Waals surface area contributed by atoms with Crippen LogP contribution in [0.1, 0.15) is 45.0 Å². The van der Waals surface area contributed by atoms with Gasteiger partial charge in [-0.05, 0) is 188 Å². The Balaban J connectivity index is 0.000000104. The van der Waals surface area contributed by atoms with Crippen LogP contribution in [0.15, 0.2) is 406 Å². The number of para-hydroxylation sites is 6. The van der Waals surface area contributed by atoms with Crippen LogP contribution in [0.4, 0.5) is 34.1 Å². The number of nitrogens with zero attached hydrogens (tertiary/aromatic N) is 3. The number of nitrogens with two attached hydrogens (primary N) is 1. The highest BCUT2D eigenvalue weighted by Gasteiger charge is 2.38. The average Bonchev–Trinajstić information content (AvgIpc) is 1.53. The van der Waals surface area contributed by atoms with Crippen LogP contribution in [0.3, 0.4) is 0 Å². The topological polar surface area (TPSA) is 105 Å². The first-order valence-corrected chi connectivity index (χ1v) is 43.2. The van der Waals surface area contributed by atoms with Crippen molar-refractivity contribution in [1.82, 2.24) is 9.13 Å². The van der Waals surface area contributed by atoms with Gasteiger partial charge in [0.15, 0.2) is 34.5 Å². The van der Waals surface area contributed by atoms with Gasteiger partial charge in [0, 0.05) is 112 Å². The predicted molar refractivity (Wildman–Crippen MR) is 525 cm³/mol. The summed E-state index contributed by atoms with van der Waals surface area (Å²) in [6, 6.07) is 135. The molecule has 22 aromatic rings. The summed E-state index contributed by atoms with van der Waals surface area (Å²) < 4.78 is 38.4. The Morgan fingerprint density at radius 1 is 0.328 bits per heavy atom. The van der Waals surface area contributed by atoms with Gasteiger partial charge >= 0.3 is 0 Å². The number of aromatic nitrogens is 2. The number of anilines is 6. The van der Waals surface area contributed by atoms with E-state index in [2.05, 4.69) is 344 Å². The third-order valence-electron chi connectivity index (χ3n) is 24.5. The normalized spacial score (nSPS) is 12.5. The molecule has 0 bridgehead atoms. The van der Waals surface area contributed by atoms with Gasteiger partial charge in [0.25, 0.3) is 0 Å². The smallest absolute Gasteiger partial charge is 0.155 e. The number of benzene rings is 18. The maximum Gasteiger partial charge on any atom is 0.155 e. The first-order valence-electron chi connectivity index (χ1n) is 41.6. The molecule has 0 radical (unpaired) electrons. The number of nitrogens with one attached hydrogen (secondary N) is 1.